The van der Waals surface area contributed by atoms with Crippen LogP contribution in [0.1, 0.15) is 42.0 Å². The molecule has 0 spiro atoms. The number of carbonyl (C=O) groups excluding carboxylic acids is 1. The lowest BCUT2D eigenvalue weighted by Crippen LogP contribution is -2.15. The molecule has 0 fully saturated rings. The van der Waals surface area contributed by atoms with Gasteiger partial charge in [0.2, 0.25) is 0 Å². The zero-order valence-electron chi connectivity index (χ0n) is 16.2. The molecule has 0 saturated carbocycles. The predicted octanol–water partition coefficient (Wildman–Crippen LogP) is 4.11. The van der Waals surface area contributed by atoms with Crippen molar-refractivity contribution in [2.24, 2.45) is 0 Å². The molecule has 29 heavy (non-hydrogen) atoms. The number of pyridine rings is 1. The summed E-state index contributed by atoms with van der Waals surface area (Å²) in [5, 5.41) is 10.4. The van der Waals surface area contributed by atoms with Crippen molar-refractivity contribution in [2.75, 3.05) is 10.6 Å². The largest absolute Gasteiger partial charge is 0.368 e. The summed E-state index contributed by atoms with van der Waals surface area (Å²) in [6.45, 7) is 4.03. The first-order valence-electron chi connectivity index (χ1n) is 9.52. The molecular formula is C21H21F2N5O. The van der Waals surface area contributed by atoms with Crippen molar-refractivity contribution in [3.8, 4) is 5.69 Å². The molecule has 150 valence electrons. The summed E-state index contributed by atoms with van der Waals surface area (Å²) in [4.78, 5) is 17.1. The van der Waals surface area contributed by atoms with E-state index in [1.807, 2.05) is 13.8 Å². The van der Waals surface area contributed by atoms with Crippen LogP contribution in [-0.4, -0.2) is 26.7 Å². The van der Waals surface area contributed by atoms with Gasteiger partial charge in [0, 0.05) is 23.4 Å². The molecule has 1 aliphatic carbocycles. The number of nitrogens with zero attached hydrogens (tertiary/aromatic N) is 3. The summed E-state index contributed by atoms with van der Waals surface area (Å²) in [7, 11) is 0. The number of rotatable bonds is 5. The zero-order valence-corrected chi connectivity index (χ0v) is 16.2. The normalized spacial score (nSPS) is 12.9. The van der Waals surface area contributed by atoms with Gasteiger partial charge in [-0.1, -0.05) is 0 Å². The summed E-state index contributed by atoms with van der Waals surface area (Å²) < 4.78 is 28.5. The Balaban J connectivity index is 1.60. The number of fused-ring (bicyclic) bond motifs is 1. The van der Waals surface area contributed by atoms with Gasteiger partial charge in [-0.2, -0.15) is 5.10 Å². The molecule has 0 aliphatic heterocycles. The number of nitrogens with one attached hydrogen (secondary N) is 2. The van der Waals surface area contributed by atoms with E-state index in [4.69, 9.17) is 0 Å². The Hall–Kier alpha value is -3.29. The molecule has 6 nitrogen and oxygen atoms in total. The number of benzene rings is 1. The van der Waals surface area contributed by atoms with Crippen molar-refractivity contribution in [2.45, 2.75) is 39.2 Å². The van der Waals surface area contributed by atoms with Crippen LogP contribution in [0.3, 0.4) is 0 Å². The average molecular weight is 397 g/mol. The van der Waals surface area contributed by atoms with Gasteiger partial charge >= 0.3 is 0 Å². The van der Waals surface area contributed by atoms with Crippen LogP contribution in [0.5, 0.6) is 0 Å². The van der Waals surface area contributed by atoms with E-state index in [0.717, 1.165) is 48.5 Å². The lowest BCUT2D eigenvalue weighted by atomic mass is 10.2. The molecule has 0 unspecified atom stereocenters. The molecule has 1 aliphatic rings. The molecule has 8 heteroatoms. The summed E-state index contributed by atoms with van der Waals surface area (Å²) in [5.41, 5.74) is 2.95. The van der Waals surface area contributed by atoms with E-state index in [9.17, 15) is 13.6 Å². The Bertz CT molecular complexity index is 1060. The zero-order chi connectivity index (χ0) is 20.5. The van der Waals surface area contributed by atoms with Crippen LogP contribution in [0.25, 0.3) is 5.69 Å². The van der Waals surface area contributed by atoms with E-state index in [2.05, 4.69) is 20.7 Å². The van der Waals surface area contributed by atoms with Gasteiger partial charge in [-0.25, -0.2) is 18.4 Å². The second-order valence-electron chi connectivity index (χ2n) is 7.32. The molecule has 1 aromatic carbocycles. The molecule has 2 aromatic heterocycles. The fourth-order valence-corrected chi connectivity index (χ4v) is 3.49. The third-order valence-corrected chi connectivity index (χ3v) is 4.75. The second-order valence-corrected chi connectivity index (χ2v) is 7.32. The molecular weight excluding hydrogens is 376 g/mol. The molecule has 0 atom stereocenters. The summed E-state index contributed by atoms with van der Waals surface area (Å²) in [6, 6.07) is 7.42. The van der Waals surface area contributed by atoms with Crippen LogP contribution < -0.4 is 10.6 Å². The van der Waals surface area contributed by atoms with E-state index in [1.165, 1.54) is 10.7 Å². The molecule has 4 rings (SSSR count). The van der Waals surface area contributed by atoms with Gasteiger partial charge in [-0.15, -0.1) is 0 Å². The van der Waals surface area contributed by atoms with Gasteiger partial charge in [-0.3, -0.25) is 4.79 Å². The topological polar surface area (TPSA) is 71.8 Å². The van der Waals surface area contributed by atoms with Gasteiger partial charge in [0.1, 0.15) is 5.82 Å². The monoisotopic (exact) mass is 397 g/mol. The standard InChI is InChI=1S/C21H21F2N5O/c1-12(2)25-19-9-6-13(11-24-19)26-21(29)20-15-4-3-5-18(15)28(27-20)14-7-8-16(22)17(23)10-14/h6-12H,3-5H2,1-2H3,(H,24,25)(H,26,29). The maximum absolute atomic E-state index is 13.7. The van der Waals surface area contributed by atoms with E-state index in [1.54, 1.807) is 18.3 Å². The van der Waals surface area contributed by atoms with Gasteiger partial charge in [0.25, 0.3) is 5.91 Å². The van der Waals surface area contributed by atoms with E-state index >= 15 is 0 Å². The Morgan fingerprint density at radius 3 is 2.66 bits per heavy atom. The average Bonchev–Trinajstić information content (AvgIpc) is 3.28. The minimum atomic E-state index is -0.947. The van der Waals surface area contributed by atoms with Crippen LogP contribution in [0, 0.1) is 11.6 Å². The van der Waals surface area contributed by atoms with Gasteiger partial charge < -0.3 is 10.6 Å². The number of amides is 1. The highest BCUT2D eigenvalue weighted by Crippen LogP contribution is 2.29. The van der Waals surface area contributed by atoms with Crippen LogP contribution in [0.15, 0.2) is 36.5 Å². The smallest absolute Gasteiger partial charge is 0.276 e. The Morgan fingerprint density at radius 2 is 1.97 bits per heavy atom. The molecule has 0 bridgehead atoms. The third kappa shape index (κ3) is 3.83. The summed E-state index contributed by atoms with van der Waals surface area (Å²) >= 11 is 0. The van der Waals surface area contributed by atoms with Crippen LogP contribution >= 0.6 is 0 Å². The van der Waals surface area contributed by atoms with Crippen LogP contribution in [0.2, 0.25) is 0 Å². The fraction of sp³-hybridized carbons (Fsp3) is 0.286. The maximum Gasteiger partial charge on any atom is 0.276 e. The van der Waals surface area contributed by atoms with E-state index in [0.29, 0.717) is 17.1 Å². The highest BCUT2D eigenvalue weighted by molar-refractivity contribution is 6.04. The molecule has 2 heterocycles. The van der Waals surface area contributed by atoms with E-state index < -0.39 is 11.6 Å². The van der Waals surface area contributed by atoms with Crippen molar-refractivity contribution >= 4 is 17.4 Å². The van der Waals surface area contributed by atoms with Crippen molar-refractivity contribution in [3.63, 3.8) is 0 Å². The Labute approximate surface area is 167 Å². The highest BCUT2D eigenvalue weighted by atomic mass is 19.2. The molecule has 0 saturated heterocycles. The summed E-state index contributed by atoms with van der Waals surface area (Å²) in [5.74, 6) is -1.49. The van der Waals surface area contributed by atoms with Crippen molar-refractivity contribution in [1.82, 2.24) is 14.8 Å². The maximum atomic E-state index is 13.7. The Morgan fingerprint density at radius 1 is 1.14 bits per heavy atom. The van der Waals surface area contributed by atoms with Crippen molar-refractivity contribution < 1.29 is 13.6 Å². The number of halogens is 2. The molecule has 3 aromatic rings. The number of anilines is 2. The molecule has 2 N–H and O–H groups in total. The predicted molar refractivity (Wildman–Crippen MR) is 106 cm³/mol. The van der Waals surface area contributed by atoms with Gasteiger partial charge in [-0.05, 0) is 57.4 Å². The summed E-state index contributed by atoms with van der Waals surface area (Å²) in [6.07, 6.45) is 3.91. The van der Waals surface area contributed by atoms with Crippen LogP contribution in [-0.2, 0) is 12.8 Å². The van der Waals surface area contributed by atoms with Crippen molar-refractivity contribution in [1.29, 1.82) is 0 Å². The highest BCUT2D eigenvalue weighted by Gasteiger charge is 2.27. The number of hydrogen-bond acceptors (Lipinski definition) is 4. The minimum absolute atomic E-state index is 0.255. The number of hydrogen-bond donors (Lipinski definition) is 2. The lowest BCUT2D eigenvalue weighted by molar-refractivity contribution is 0.102. The quantitative estimate of drug-likeness (QED) is 0.680. The first-order chi connectivity index (χ1) is 13.9. The first kappa shape index (κ1) is 19.0. The number of aromatic nitrogens is 3. The lowest BCUT2D eigenvalue weighted by Gasteiger charge is -2.09. The van der Waals surface area contributed by atoms with Crippen LogP contribution in [0.4, 0.5) is 20.3 Å². The van der Waals surface area contributed by atoms with Crippen molar-refractivity contribution in [3.05, 3.63) is 65.1 Å². The second kappa shape index (κ2) is 7.62. The molecule has 0 radical (unpaired) electrons. The third-order valence-electron chi connectivity index (χ3n) is 4.75. The fourth-order valence-electron chi connectivity index (χ4n) is 3.49. The number of carbonyl (C=O) groups is 1. The van der Waals surface area contributed by atoms with Gasteiger partial charge in [0.05, 0.1) is 17.6 Å². The molecule has 1 amide bonds. The Kier molecular flexibility index (Phi) is 5.00. The minimum Gasteiger partial charge on any atom is -0.368 e. The van der Waals surface area contributed by atoms with Gasteiger partial charge in [0.15, 0.2) is 17.3 Å². The first-order valence-corrected chi connectivity index (χ1v) is 9.52. The SMILES string of the molecule is CC(C)Nc1ccc(NC(=O)c2nn(-c3ccc(F)c(F)c3)c3c2CCC3)cn1. The van der Waals surface area contributed by atoms with E-state index in [-0.39, 0.29) is 11.9 Å².